The molecule has 1 amide bonds. The molecule has 2 aromatic heterocycles. The number of amides is 1. The molecule has 134 valence electrons. The van der Waals surface area contributed by atoms with Crippen molar-refractivity contribution in [3.8, 4) is 0 Å². The van der Waals surface area contributed by atoms with Gasteiger partial charge in [0.15, 0.2) is 5.65 Å². The lowest BCUT2D eigenvalue weighted by Crippen LogP contribution is -2.45. The molecular weight excluding hydrogens is 320 g/mol. The van der Waals surface area contributed by atoms with E-state index in [0.717, 1.165) is 30.7 Å². The monoisotopic (exact) mass is 344 g/mol. The number of aryl methyl sites for hydroxylation is 2. The Hall–Kier alpha value is -2.44. The maximum absolute atomic E-state index is 13.0. The molecule has 0 bridgehead atoms. The quantitative estimate of drug-likeness (QED) is 0.796. The van der Waals surface area contributed by atoms with Gasteiger partial charge in [-0.3, -0.25) is 9.59 Å². The molecule has 1 aliphatic rings. The van der Waals surface area contributed by atoms with E-state index in [-0.39, 0.29) is 24.3 Å². The van der Waals surface area contributed by atoms with Crippen molar-refractivity contribution in [2.45, 2.75) is 52.5 Å². The topological polar surface area (TPSA) is 76.8 Å². The summed E-state index contributed by atoms with van der Waals surface area (Å²) >= 11 is 0. The molecule has 2 aromatic rings. The highest BCUT2D eigenvalue weighted by atomic mass is 16.5. The van der Waals surface area contributed by atoms with Gasteiger partial charge in [0.25, 0.3) is 5.91 Å². The van der Waals surface area contributed by atoms with Crippen molar-refractivity contribution in [1.29, 1.82) is 0 Å². The third-order valence-electron chi connectivity index (χ3n) is 4.54. The van der Waals surface area contributed by atoms with Crippen LogP contribution < -0.4 is 0 Å². The average molecular weight is 344 g/mol. The van der Waals surface area contributed by atoms with Gasteiger partial charge in [-0.05, 0) is 46.1 Å². The maximum Gasteiger partial charge on any atom is 0.307 e. The molecule has 1 atom stereocenters. The van der Waals surface area contributed by atoms with Crippen LogP contribution in [0.2, 0.25) is 0 Å². The van der Waals surface area contributed by atoms with Crippen LogP contribution in [0.15, 0.2) is 12.1 Å². The predicted molar refractivity (Wildman–Crippen MR) is 92.4 cm³/mol. The highest BCUT2D eigenvalue weighted by molar-refractivity contribution is 5.93. The molecule has 0 N–H and O–H groups in total. The van der Waals surface area contributed by atoms with Crippen molar-refractivity contribution in [1.82, 2.24) is 19.5 Å². The van der Waals surface area contributed by atoms with Gasteiger partial charge >= 0.3 is 5.97 Å². The van der Waals surface area contributed by atoms with Gasteiger partial charge in [-0.25, -0.2) is 9.50 Å². The minimum Gasteiger partial charge on any atom is -0.466 e. The van der Waals surface area contributed by atoms with Gasteiger partial charge in [-0.1, -0.05) is 0 Å². The van der Waals surface area contributed by atoms with Gasteiger partial charge in [-0.2, -0.15) is 5.10 Å². The lowest BCUT2D eigenvalue weighted by Gasteiger charge is -2.35. The second-order valence-corrected chi connectivity index (χ2v) is 6.50. The van der Waals surface area contributed by atoms with Crippen LogP contribution in [0, 0.1) is 13.8 Å². The number of nitrogens with zero attached hydrogens (tertiary/aromatic N) is 4. The van der Waals surface area contributed by atoms with E-state index in [1.165, 1.54) is 0 Å². The lowest BCUT2D eigenvalue weighted by atomic mass is 9.99. The van der Waals surface area contributed by atoms with Gasteiger partial charge in [-0.15, -0.1) is 0 Å². The van der Waals surface area contributed by atoms with Crippen molar-refractivity contribution < 1.29 is 14.3 Å². The van der Waals surface area contributed by atoms with Crippen molar-refractivity contribution in [3.05, 3.63) is 29.2 Å². The summed E-state index contributed by atoms with van der Waals surface area (Å²) in [5.41, 5.74) is 2.79. The first kappa shape index (κ1) is 17.4. The molecule has 0 saturated carbocycles. The number of hydrogen-bond acceptors (Lipinski definition) is 5. The Morgan fingerprint density at radius 3 is 2.84 bits per heavy atom. The zero-order chi connectivity index (χ0) is 18.0. The summed E-state index contributed by atoms with van der Waals surface area (Å²) in [7, 11) is 0. The van der Waals surface area contributed by atoms with Gasteiger partial charge < -0.3 is 9.64 Å². The molecule has 3 rings (SSSR count). The number of fused-ring (bicyclic) bond motifs is 1. The fourth-order valence-electron chi connectivity index (χ4n) is 3.39. The summed E-state index contributed by atoms with van der Waals surface area (Å²) < 4.78 is 6.79. The summed E-state index contributed by atoms with van der Waals surface area (Å²) in [5, 5.41) is 4.37. The number of carbonyl (C=O) groups excluding carboxylic acids is 2. The molecule has 0 radical (unpaired) electrons. The number of carbonyl (C=O) groups is 2. The number of esters is 1. The zero-order valence-corrected chi connectivity index (χ0v) is 15.0. The van der Waals surface area contributed by atoms with E-state index in [2.05, 4.69) is 10.1 Å². The van der Waals surface area contributed by atoms with Gasteiger partial charge in [0.05, 0.1) is 18.7 Å². The summed E-state index contributed by atoms with van der Waals surface area (Å²) in [4.78, 5) is 31.1. The van der Waals surface area contributed by atoms with Crippen molar-refractivity contribution in [2.24, 2.45) is 0 Å². The van der Waals surface area contributed by atoms with E-state index in [1.807, 2.05) is 19.9 Å². The van der Waals surface area contributed by atoms with Crippen molar-refractivity contribution in [3.63, 3.8) is 0 Å². The Kier molecular flexibility index (Phi) is 5.01. The summed E-state index contributed by atoms with van der Waals surface area (Å²) in [6.45, 7) is 6.60. The van der Waals surface area contributed by atoms with Crippen LogP contribution in [-0.2, 0) is 9.53 Å². The highest BCUT2D eigenvalue weighted by Crippen LogP contribution is 2.22. The molecule has 1 aliphatic heterocycles. The largest absolute Gasteiger partial charge is 0.466 e. The molecule has 3 heterocycles. The number of rotatable bonds is 4. The maximum atomic E-state index is 13.0. The van der Waals surface area contributed by atoms with E-state index in [1.54, 1.807) is 22.4 Å². The van der Waals surface area contributed by atoms with Gasteiger partial charge in [0.2, 0.25) is 0 Å². The van der Waals surface area contributed by atoms with E-state index in [9.17, 15) is 9.59 Å². The number of hydrogen-bond donors (Lipinski definition) is 0. The minimum absolute atomic E-state index is 0.120. The molecule has 0 aliphatic carbocycles. The predicted octanol–water partition coefficient (Wildman–Crippen LogP) is 2.29. The summed E-state index contributed by atoms with van der Waals surface area (Å²) in [6, 6.07) is 3.50. The number of aromatic nitrogens is 3. The Labute approximate surface area is 147 Å². The fourth-order valence-corrected chi connectivity index (χ4v) is 3.39. The van der Waals surface area contributed by atoms with Gasteiger partial charge in [0, 0.05) is 24.3 Å². The van der Waals surface area contributed by atoms with Crippen LogP contribution in [0.5, 0.6) is 0 Å². The van der Waals surface area contributed by atoms with E-state index < -0.39 is 0 Å². The normalized spacial score (nSPS) is 17.7. The van der Waals surface area contributed by atoms with E-state index in [4.69, 9.17) is 4.74 Å². The fraction of sp³-hybridized carbons (Fsp3) is 0.556. The second-order valence-electron chi connectivity index (χ2n) is 6.50. The molecule has 0 spiro atoms. The smallest absolute Gasteiger partial charge is 0.307 e. The third-order valence-corrected chi connectivity index (χ3v) is 4.54. The Morgan fingerprint density at radius 2 is 2.08 bits per heavy atom. The van der Waals surface area contributed by atoms with E-state index in [0.29, 0.717) is 24.5 Å². The Balaban J connectivity index is 1.85. The molecular formula is C18H24N4O3. The standard InChI is InChI=1S/C18H24N4O3/c1-4-25-17(23)11-14-7-5-6-8-21(14)18(24)15-10-13(3)22-16(19-15)9-12(2)20-22/h9-10,14H,4-8,11H2,1-3H3. The van der Waals surface area contributed by atoms with Crippen molar-refractivity contribution in [2.75, 3.05) is 13.2 Å². The van der Waals surface area contributed by atoms with Crippen LogP contribution in [0.25, 0.3) is 5.65 Å². The Bertz CT molecular complexity index is 799. The zero-order valence-electron chi connectivity index (χ0n) is 15.0. The Morgan fingerprint density at radius 1 is 1.28 bits per heavy atom. The molecule has 25 heavy (non-hydrogen) atoms. The molecule has 7 heteroatoms. The first-order valence-electron chi connectivity index (χ1n) is 8.80. The van der Waals surface area contributed by atoms with Crippen LogP contribution in [0.3, 0.4) is 0 Å². The lowest BCUT2D eigenvalue weighted by molar-refractivity contribution is -0.144. The van der Waals surface area contributed by atoms with Crippen LogP contribution >= 0.6 is 0 Å². The number of piperidine rings is 1. The minimum atomic E-state index is -0.252. The molecule has 1 fully saturated rings. The summed E-state index contributed by atoms with van der Waals surface area (Å²) in [5.74, 6) is -0.378. The molecule has 1 saturated heterocycles. The first-order valence-corrected chi connectivity index (χ1v) is 8.80. The average Bonchev–Trinajstić information content (AvgIpc) is 2.96. The molecule has 0 aromatic carbocycles. The van der Waals surface area contributed by atoms with Gasteiger partial charge in [0.1, 0.15) is 5.69 Å². The molecule has 1 unspecified atom stereocenters. The number of ether oxygens (including phenoxy) is 1. The number of likely N-dealkylation sites (tertiary alicyclic amines) is 1. The third kappa shape index (κ3) is 3.65. The van der Waals surface area contributed by atoms with Crippen LogP contribution in [-0.4, -0.2) is 50.6 Å². The molecule has 7 nitrogen and oxygen atoms in total. The van der Waals surface area contributed by atoms with Crippen molar-refractivity contribution >= 4 is 17.5 Å². The highest BCUT2D eigenvalue weighted by Gasteiger charge is 2.30. The van der Waals surface area contributed by atoms with Crippen LogP contribution in [0.1, 0.15) is 54.5 Å². The summed E-state index contributed by atoms with van der Waals surface area (Å²) in [6.07, 6.45) is 3.02. The second kappa shape index (κ2) is 7.21. The van der Waals surface area contributed by atoms with Crippen LogP contribution in [0.4, 0.5) is 0 Å². The SMILES string of the molecule is CCOC(=O)CC1CCCCN1C(=O)c1cc(C)n2nc(C)cc2n1. The van der Waals surface area contributed by atoms with E-state index >= 15 is 0 Å². The first-order chi connectivity index (χ1) is 12.0.